The van der Waals surface area contributed by atoms with Crippen molar-refractivity contribution < 1.29 is 9.90 Å². The number of carbonyl (C=O) groups is 1. The van der Waals surface area contributed by atoms with Crippen molar-refractivity contribution in [2.45, 2.75) is 51.5 Å². The number of rotatable bonds is 4. The molecule has 3 heteroatoms. The first-order valence-corrected chi connectivity index (χ1v) is 6.01. The molecule has 0 aromatic heterocycles. The lowest BCUT2D eigenvalue weighted by Crippen LogP contribution is -2.39. The van der Waals surface area contributed by atoms with E-state index in [1.807, 2.05) is 11.9 Å². The van der Waals surface area contributed by atoms with E-state index in [0.29, 0.717) is 18.9 Å². The number of aliphatic hydroxyl groups is 1. The van der Waals surface area contributed by atoms with E-state index in [4.69, 9.17) is 5.11 Å². The summed E-state index contributed by atoms with van der Waals surface area (Å²) in [6.07, 6.45) is 5.90. The van der Waals surface area contributed by atoms with Gasteiger partial charge in [0, 0.05) is 26.1 Å². The summed E-state index contributed by atoms with van der Waals surface area (Å²) in [7, 11) is 1.91. The van der Waals surface area contributed by atoms with Gasteiger partial charge < -0.3 is 10.0 Å². The van der Waals surface area contributed by atoms with Crippen molar-refractivity contribution >= 4 is 5.91 Å². The first-order chi connectivity index (χ1) is 7.15. The molecule has 1 aliphatic carbocycles. The van der Waals surface area contributed by atoms with Crippen LogP contribution in [0.15, 0.2) is 0 Å². The average molecular weight is 213 g/mol. The molecule has 0 bridgehead atoms. The molecule has 1 aliphatic rings. The molecule has 0 spiro atoms. The Morgan fingerprint density at radius 3 is 2.80 bits per heavy atom. The molecule has 1 N–H and O–H groups in total. The molecule has 88 valence electrons. The summed E-state index contributed by atoms with van der Waals surface area (Å²) >= 11 is 0. The first-order valence-electron chi connectivity index (χ1n) is 6.01. The van der Waals surface area contributed by atoms with Gasteiger partial charge in [-0.25, -0.2) is 0 Å². The quantitative estimate of drug-likeness (QED) is 0.773. The third-order valence-electron chi connectivity index (χ3n) is 3.40. The van der Waals surface area contributed by atoms with Crippen LogP contribution in [0.4, 0.5) is 0 Å². The highest BCUT2D eigenvalue weighted by molar-refractivity contribution is 5.76. The molecular weight excluding hydrogens is 190 g/mol. The van der Waals surface area contributed by atoms with Crippen LogP contribution in [-0.2, 0) is 4.79 Å². The van der Waals surface area contributed by atoms with Crippen LogP contribution in [0.1, 0.15) is 45.4 Å². The van der Waals surface area contributed by atoms with Crippen LogP contribution in [0.2, 0.25) is 0 Å². The van der Waals surface area contributed by atoms with Gasteiger partial charge in [-0.3, -0.25) is 4.79 Å². The number of nitrogens with zero attached hydrogens (tertiary/aromatic N) is 1. The largest absolute Gasteiger partial charge is 0.396 e. The number of hydrogen-bond donors (Lipinski definition) is 1. The summed E-state index contributed by atoms with van der Waals surface area (Å²) in [5, 5.41) is 8.68. The van der Waals surface area contributed by atoms with E-state index >= 15 is 0 Å². The van der Waals surface area contributed by atoms with Gasteiger partial charge in [-0.2, -0.15) is 0 Å². The van der Waals surface area contributed by atoms with Gasteiger partial charge in [0.1, 0.15) is 0 Å². The monoisotopic (exact) mass is 213 g/mol. The van der Waals surface area contributed by atoms with Crippen LogP contribution in [0.3, 0.4) is 0 Å². The molecule has 0 aromatic rings. The Morgan fingerprint density at radius 1 is 1.47 bits per heavy atom. The van der Waals surface area contributed by atoms with Crippen LogP contribution in [0.5, 0.6) is 0 Å². The Hall–Kier alpha value is -0.570. The third kappa shape index (κ3) is 3.82. The molecular formula is C12H23NO2. The standard InChI is InChI=1S/C12H23NO2/c1-10-5-3-6-11(9-10)13(2)12(15)7-4-8-14/h10-11,14H,3-9H2,1-2H3. The SMILES string of the molecule is CC1CCCC(N(C)C(=O)CCCO)C1. The van der Waals surface area contributed by atoms with E-state index in [0.717, 1.165) is 18.8 Å². The van der Waals surface area contributed by atoms with Gasteiger partial charge in [0.15, 0.2) is 0 Å². The van der Waals surface area contributed by atoms with Crippen molar-refractivity contribution in [1.82, 2.24) is 4.90 Å². The van der Waals surface area contributed by atoms with Crippen molar-refractivity contribution in [3.63, 3.8) is 0 Å². The molecule has 1 amide bonds. The molecule has 0 saturated heterocycles. The zero-order valence-electron chi connectivity index (χ0n) is 9.91. The highest BCUT2D eigenvalue weighted by atomic mass is 16.3. The Balaban J connectivity index is 2.37. The van der Waals surface area contributed by atoms with Crippen LogP contribution in [0, 0.1) is 5.92 Å². The molecule has 2 atom stereocenters. The second kappa shape index (κ2) is 6.11. The lowest BCUT2D eigenvalue weighted by atomic mass is 9.86. The molecule has 1 fully saturated rings. The number of aliphatic hydroxyl groups excluding tert-OH is 1. The highest BCUT2D eigenvalue weighted by Gasteiger charge is 2.24. The summed E-state index contributed by atoms with van der Waals surface area (Å²) in [4.78, 5) is 13.6. The molecule has 1 saturated carbocycles. The zero-order valence-corrected chi connectivity index (χ0v) is 9.91. The van der Waals surface area contributed by atoms with E-state index in [-0.39, 0.29) is 12.5 Å². The van der Waals surface area contributed by atoms with Crippen LogP contribution in [0.25, 0.3) is 0 Å². The van der Waals surface area contributed by atoms with Crippen LogP contribution in [-0.4, -0.2) is 35.6 Å². The van der Waals surface area contributed by atoms with Crippen LogP contribution < -0.4 is 0 Å². The maximum Gasteiger partial charge on any atom is 0.222 e. The molecule has 3 nitrogen and oxygen atoms in total. The highest BCUT2D eigenvalue weighted by Crippen LogP contribution is 2.26. The Morgan fingerprint density at radius 2 is 2.20 bits per heavy atom. The van der Waals surface area contributed by atoms with Gasteiger partial charge in [-0.05, 0) is 25.2 Å². The summed E-state index contributed by atoms with van der Waals surface area (Å²) in [5.41, 5.74) is 0. The minimum absolute atomic E-state index is 0.112. The maximum atomic E-state index is 11.7. The van der Waals surface area contributed by atoms with Gasteiger partial charge in [0.25, 0.3) is 0 Å². The van der Waals surface area contributed by atoms with Gasteiger partial charge >= 0.3 is 0 Å². The summed E-state index contributed by atoms with van der Waals surface area (Å²) < 4.78 is 0. The van der Waals surface area contributed by atoms with E-state index in [1.165, 1.54) is 12.8 Å². The molecule has 1 rings (SSSR count). The minimum atomic E-state index is 0.112. The van der Waals surface area contributed by atoms with Crippen molar-refractivity contribution in [3.05, 3.63) is 0 Å². The van der Waals surface area contributed by atoms with Crippen LogP contribution >= 0.6 is 0 Å². The van der Waals surface area contributed by atoms with Gasteiger partial charge in [-0.15, -0.1) is 0 Å². The molecule has 2 unspecified atom stereocenters. The molecule has 15 heavy (non-hydrogen) atoms. The van der Waals surface area contributed by atoms with E-state index in [2.05, 4.69) is 6.92 Å². The number of amides is 1. The maximum absolute atomic E-state index is 11.7. The van der Waals surface area contributed by atoms with E-state index < -0.39 is 0 Å². The zero-order chi connectivity index (χ0) is 11.3. The summed E-state index contributed by atoms with van der Waals surface area (Å²) in [6.45, 7) is 2.37. The van der Waals surface area contributed by atoms with Crippen molar-refractivity contribution in [2.24, 2.45) is 5.92 Å². The van der Waals surface area contributed by atoms with Gasteiger partial charge in [-0.1, -0.05) is 19.8 Å². The first kappa shape index (κ1) is 12.5. The number of carbonyl (C=O) groups excluding carboxylic acids is 1. The topological polar surface area (TPSA) is 40.5 Å². The fraction of sp³-hybridized carbons (Fsp3) is 0.917. The predicted octanol–water partition coefficient (Wildman–Crippen LogP) is 1.80. The molecule has 0 heterocycles. The lowest BCUT2D eigenvalue weighted by molar-refractivity contribution is -0.133. The molecule has 0 radical (unpaired) electrons. The van der Waals surface area contributed by atoms with Crippen molar-refractivity contribution in [2.75, 3.05) is 13.7 Å². The van der Waals surface area contributed by atoms with Crippen molar-refractivity contribution in [3.8, 4) is 0 Å². The summed E-state index contributed by atoms with van der Waals surface area (Å²) in [6, 6.07) is 0.431. The minimum Gasteiger partial charge on any atom is -0.396 e. The average Bonchev–Trinajstić information content (AvgIpc) is 2.24. The smallest absolute Gasteiger partial charge is 0.222 e. The van der Waals surface area contributed by atoms with E-state index in [9.17, 15) is 4.79 Å². The lowest BCUT2D eigenvalue weighted by Gasteiger charge is -2.34. The van der Waals surface area contributed by atoms with E-state index in [1.54, 1.807) is 0 Å². The number of hydrogen-bond acceptors (Lipinski definition) is 2. The van der Waals surface area contributed by atoms with Gasteiger partial charge in [0.2, 0.25) is 5.91 Å². The fourth-order valence-electron chi connectivity index (χ4n) is 2.36. The van der Waals surface area contributed by atoms with Gasteiger partial charge in [0.05, 0.1) is 0 Å². The van der Waals surface area contributed by atoms with Crippen molar-refractivity contribution in [1.29, 1.82) is 0 Å². The summed E-state index contributed by atoms with van der Waals surface area (Å²) in [5.74, 6) is 0.931. The fourth-order valence-corrected chi connectivity index (χ4v) is 2.36. The Kier molecular flexibility index (Phi) is 5.09. The third-order valence-corrected chi connectivity index (χ3v) is 3.40. The molecule has 0 aromatic carbocycles. The second-order valence-corrected chi connectivity index (χ2v) is 4.76. The normalized spacial score (nSPS) is 26.3. The second-order valence-electron chi connectivity index (χ2n) is 4.76. The Bertz CT molecular complexity index is 206. The predicted molar refractivity (Wildman–Crippen MR) is 60.5 cm³/mol. The Labute approximate surface area is 92.5 Å². The molecule has 0 aliphatic heterocycles.